The lowest BCUT2D eigenvalue weighted by molar-refractivity contribution is -0.122. The molecule has 0 N–H and O–H groups in total. The number of unbranched alkanes of at least 4 members (excludes halogenated alkanes) is 1. The fraction of sp³-hybridized carbons (Fsp3) is 0.267. The van der Waals surface area contributed by atoms with Crippen LogP contribution in [0.4, 0.5) is 5.69 Å². The Labute approximate surface area is 227 Å². The van der Waals surface area contributed by atoms with Crippen LogP contribution in [0.25, 0.3) is 6.08 Å². The molecule has 0 aromatic heterocycles. The lowest BCUT2D eigenvalue weighted by Crippen LogP contribution is -2.30. The van der Waals surface area contributed by atoms with E-state index in [0.29, 0.717) is 34.7 Å². The van der Waals surface area contributed by atoms with Crippen molar-refractivity contribution in [1.29, 1.82) is 0 Å². The molecule has 0 radical (unpaired) electrons. The second-order valence-corrected chi connectivity index (χ2v) is 10.0. The number of carbonyl (C=O) groups is 1. The number of hydrogen-bond acceptors (Lipinski definition) is 7. The van der Waals surface area contributed by atoms with Crippen LogP contribution in [0.15, 0.2) is 70.6 Å². The Kier molecular flexibility index (Phi) is 7.89. The highest BCUT2D eigenvalue weighted by Gasteiger charge is 2.33. The number of amidine groups is 1. The van der Waals surface area contributed by atoms with Crippen LogP contribution in [-0.4, -0.2) is 36.4 Å². The summed E-state index contributed by atoms with van der Waals surface area (Å²) in [5, 5.41) is 0.703. The number of aryl methyl sites for hydroxylation is 1. The number of ether oxygens (including phenoxy) is 4. The second-order valence-electron chi connectivity index (χ2n) is 9.04. The summed E-state index contributed by atoms with van der Waals surface area (Å²) in [5.74, 6) is 2.63. The smallest absolute Gasteiger partial charge is 0.266 e. The molecule has 2 aliphatic rings. The summed E-state index contributed by atoms with van der Waals surface area (Å²) in [5.41, 5.74) is 3.81. The van der Waals surface area contributed by atoms with Gasteiger partial charge in [-0.3, -0.25) is 9.69 Å². The monoisotopic (exact) mass is 530 g/mol. The Bertz CT molecular complexity index is 1380. The van der Waals surface area contributed by atoms with Crippen molar-refractivity contribution < 1.29 is 23.7 Å². The summed E-state index contributed by atoms with van der Waals surface area (Å²) in [7, 11) is 1.61. The van der Waals surface area contributed by atoms with Crippen LogP contribution in [0, 0.1) is 6.92 Å². The molecular weight excluding hydrogens is 500 g/mol. The first-order chi connectivity index (χ1) is 18.5. The van der Waals surface area contributed by atoms with Crippen LogP contribution in [0.1, 0.15) is 36.5 Å². The third-order valence-electron chi connectivity index (χ3n) is 6.20. The third kappa shape index (κ3) is 5.81. The van der Waals surface area contributed by atoms with E-state index in [1.54, 1.807) is 12.0 Å². The van der Waals surface area contributed by atoms with Crippen molar-refractivity contribution in [3.05, 3.63) is 82.3 Å². The van der Waals surface area contributed by atoms with Crippen LogP contribution >= 0.6 is 11.8 Å². The largest absolute Gasteiger partial charge is 0.493 e. The van der Waals surface area contributed by atoms with Crippen LogP contribution < -0.4 is 18.9 Å². The van der Waals surface area contributed by atoms with E-state index < -0.39 is 0 Å². The first kappa shape index (κ1) is 25.7. The van der Waals surface area contributed by atoms with Crippen molar-refractivity contribution in [3.8, 4) is 23.0 Å². The first-order valence-electron chi connectivity index (χ1n) is 12.6. The average Bonchev–Trinajstić information content (AvgIpc) is 3.51. The standard InChI is InChI=1S/C30H30N2O5S/c1-4-5-14-32-29(33)28(38-30(32)31-23-10-6-20(2)7-11-23)17-21-8-12-24(26(15-21)34-3)35-18-22-9-13-25-27(16-22)37-19-36-25/h6-13,15-17H,4-5,14,18-19H2,1-3H3/b28-17+,31-30?. The molecule has 0 spiro atoms. The van der Waals surface area contributed by atoms with Crippen LogP contribution in [0.5, 0.6) is 23.0 Å². The van der Waals surface area contributed by atoms with Gasteiger partial charge in [0.15, 0.2) is 28.2 Å². The van der Waals surface area contributed by atoms with Crippen molar-refractivity contribution in [1.82, 2.24) is 4.90 Å². The molecule has 3 aromatic carbocycles. The van der Waals surface area contributed by atoms with Gasteiger partial charge in [0.2, 0.25) is 6.79 Å². The molecule has 8 heteroatoms. The lowest BCUT2D eigenvalue weighted by Gasteiger charge is -2.14. The van der Waals surface area contributed by atoms with Gasteiger partial charge in [-0.25, -0.2) is 4.99 Å². The number of carbonyl (C=O) groups excluding carboxylic acids is 1. The Balaban J connectivity index is 1.34. The van der Waals surface area contributed by atoms with Crippen LogP contribution in [0.3, 0.4) is 0 Å². The van der Waals surface area contributed by atoms with Gasteiger partial charge in [-0.1, -0.05) is 43.2 Å². The van der Waals surface area contributed by atoms with Gasteiger partial charge in [-0.05, 0) is 78.7 Å². The molecular formula is C30H30N2O5S. The predicted octanol–water partition coefficient (Wildman–Crippen LogP) is 6.72. The third-order valence-corrected chi connectivity index (χ3v) is 7.21. The van der Waals surface area contributed by atoms with Gasteiger partial charge in [0.25, 0.3) is 5.91 Å². The van der Waals surface area contributed by atoms with Gasteiger partial charge in [-0.15, -0.1) is 0 Å². The number of hydrogen-bond donors (Lipinski definition) is 0. The Morgan fingerprint density at radius 3 is 2.63 bits per heavy atom. The zero-order valence-corrected chi connectivity index (χ0v) is 22.5. The zero-order chi connectivity index (χ0) is 26.5. The molecule has 1 fully saturated rings. The molecule has 0 atom stereocenters. The van der Waals surface area contributed by atoms with Gasteiger partial charge in [-0.2, -0.15) is 0 Å². The normalized spacial score (nSPS) is 16.5. The lowest BCUT2D eigenvalue weighted by atomic mass is 10.1. The molecule has 0 aliphatic carbocycles. The van der Waals surface area contributed by atoms with E-state index in [0.717, 1.165) is 41.2 Å². The molecule has 7 nitrogen and oxygen atoms in total. The summed E-state index contributed by atoms with van der Waals surface area (Å²) in [6.07, 6.45) is 3.79. The topological polar surface area (TPSA) is 69.6 Å². The number of aliphatic imine (C=N–C) groups is 1. The van der Waals surface area contributed by atoms with E-state index in [1.165, 1.54) is 17.3 Å². The quantitative estimate of drug-likeness (QED) is 0.286. The van der Waals surface area contributed by atoms with Crippen molar-refractivity contribution in [2.45, 2.75) is 33.3 Å². The van der Waals surface area contributed by atoms with E-state index in [2.05, 4.69) is 6.92 Å². The summed E-state index contributed by atoms with van der Waals surface area (Å²) >= 11 is 1.40. The summed E-state index contributed by atoms with van der Waals surface area (Å²) in [4.78, 5) is 20.5. The number of nitrogens with zero attached hydrogens (tertiary/aromatic N) is 2. The Morgan fingerprint density at radius 1 is 1.03 bits per heavy atom. The zero-order valence-electron chi connectivity index (χ0n) is 21.7. The summed E-state index contributed by atoms with van der Waals surface area (Å²) < 4.78 is 22.4. The molecule has 38 heavy (non-hydrogen) atoms. The highest BCUT2D eigenvalue weighted by Crippen LogP contribution is 2.37. The molecule has 1 amide bonds. The molecule has 5 rings (SSSR count). The van der Waals surface area contributed by atoms with E-state index in [4.69, 9.17) is 23.9 Å². The average molecular weight is 531 g/mol. The Morgan fingerprint density at radius 2 is 1.84 bits per heavy atom. The van der Waals surface area contributed by atoms with E-state index in [1.807, 2.05) is 73.7 Å². The van der Waals surface area contributed by atoms with Crippen molar-refractivity contribution >= 4 is 34.6 Å². The predicted molar refractivity (Wildman–Crippen MR) is 150 cm³/mol. The van der Waals surface area contributed by atoms with Crippen molar-refractivity contribution in [2.75, 3.05) is 20.4 Å². The van der Waals surface area contributed by atoms with Gasteiger partial charge in [0, 0.05) is 6.54 Å². The summed E-state index contributed by atoms with van der Waals surface area (Å²) in [6, 6.07) is 19.4. The maximum Gasteiger partial charge on any atom is 0.266 e. The molecule has 2 aliphatic heterocycles. The van der Waals surface area contributed by atoms with E-state index in [9.17, 15) is 4.79 Å². The minimum absolute atomic E-state index is 0.0311. The van der Waals surface area contributed by atoms with Crippen molar-refractivity contribution in [2.24, 2.45) is 4.99 Å². The molecule has 196 valence electrons. The minimum Gasteiger partial charge on any atom is -0.493 e. The molecule has 3 aromatic rings. The SMILES string of the molecule is CCCCN1C(=O)/C(=C\c2ccc(OCc3ccc4c(c3)OCO4)c(OC)c2)SC1=Nc1ccc(C)cc1. The fourth-order valence-corrected chi connectivity index (χ4v) is 5.10. The van der Waals surface area contributed by atoms with Crippen LogP contribution in [-0.2, 0) is 11.4 Å². The van der Waals surface area contributed by atoms with Gasteiger partial charge < -0.3 is 18.9 Å². The maximum absolute atomic E-state index is 13.3. The van der Waals surface area contributed by atoms with E-state index >= 15 is 0 Å². The van der Waals surface area contributed by atoms with E-state index in [-0.39, 0.29) is 12.7 Å². The minimum atomic E-state index is -0.0311. The highest BCUT2D eigenvalue weighted by atomic mass is 32.2. The molecule has 1 saturated heterocycles. The number of thioether (sulfide) groups is 1. The maximum atomic E-state index is 13.3. The molecule has 0 bridgehead atoms. The number of fused-ring (bicyclic) bond motifs is 1. The molecule has 0 saturated carbocycles. The number of amides is 1. The van der Waals surface area contributed by atoms with Crippen molar-refractivity contribution in [3.63, 3.8) is 0 Å². The Hall–Kier alpha value is -3.91. The van der Waals surface area contributed by atoms with Gasteiger partial charge in [0.1, 0.15) is 6.61 Å². The van der Waals surface area contributed by atoms with Gasteiger partial charge in [0.05, 0.1) is 17.7 Å². The number of benzene rings is 3. The number of rotatable bonds is 9. The fourth-order valence-electron chi connectivity index (χ4n) is 4.07. The van der Waals surface area contributed by atoms with Crippen LogP contribution in [0.2, 0.25) is 0 Å². The summed E-state index contributed by atoms with van der Waals surface area (Å²) in [6.45, 7) is 5.39. The molecule has 2 heterocycles. The first-order valence-corrected chi connectivity index (χ1v) is 13.4. The van der Waals surface area contributed by atoms with Gasteiger partial charge >= 0.3 is 0 Å². The number of methoxy groups -OCH3 is 1. The second kappa shape index (κ2) is 11.6. The molecule has 0 unspecified atom stereocenters. The highest BCUT2D eigenvalue weighted by molar-refractivity contribution is 8.18.